The second kappa shape index (κ2) is 10.9. The van der Waals surface area contributed by atoms with Crippen molar-refractivity contribution in [2.24, 2.45) is 0 Å². The van der Waals surface area contributed by atoms with Gasteiger partial charge in [-0.25, -0.2) is 0 Å². The van der Waals surface area contributed by atoms with Crippen molar-refractivity contribution in [3.63, 3.8) is 0 Å². The lowest BCUT2D eigenvalue weighted by molar-refractivity contribution is 0.00578. The van der Waals surface area contributed by atoms with Crippen molar-refractivity contribution in [2.75, 3.05) is 0 Å². The Morgan fingerprint density at radius 1 is 0.630 bits per heavy atom. The summed E-state index contributed by atoms with van der Waals surface area (Å²) >= 11 is 0. The summed E-state index contributed by atoms with van der Waals surface area (Å²) in [6.45, 7) is 8.31. The Kier molecular flexibility index (Phi) is 6.82. The Bertz CT molecular complexity index is 2200. The van der Waals surface area contributed by atoms with Crippen molar-refractivity contribution in [3.8, 4) is 11.1 Å². The van der Waals surface area contributed by atoms with Gasteiger partial charge in [-0.1, -0.05) is 121 Å². The van der Waals surface area contributed by atoms with Crippen LogP contribution in [0.2, 0.25) is 0 Å². The van der Waals surface area contributed by atoms with E-state index in [0.29, 0.717) is 0 Å². The van der Waals surface area contributed by atoms with Crippen LogP contribution in [-0.4, -0.2) is 23.3 Å². The number of hydrogen-bond donors (Lipinski definition) is 0. The van der Waals surface area contributed by atoms with E-state index in [9.17, 15) is 0 Å². The van der Waals surface area contributed by atoms with E-state index < -0.39 is 18.3 Å². The molecule has 2 heterocycles. The quantitative estimate of drug-likeness (QED) is 0.199. The first-order chi connectivity index (χ1) is 22.3. The lowest BCUT2D eigenvalue weighted by Gasteiger charge is -2.32. The van der Waals surface area contributed by atoms with Crippen LogP contribution in [-0.2, 0) is 9.31 Å². The van der Waals surface area contributed by atoms with Crippen LogP contribution in [0.15, 0.2) is 134 Å². The molecule has 1 aliphatic carbocycles. The highest BCUT2D eigenvalue weighted by atomic mass is 16.7. The van der Waals surface area contributed by atoms with Gasteiger partial charge in [0, 0.05) is 23.2 Å². The van der Waals surface area contributed by atoms with E-state index in [1.165, 1.54) is 49.0 Å². The Hall–Kier alpha value is -4.77. The summed E-state index contributed by atoms with van der Waals surface area (Å²) in [4.78, 5) is 5.04. The standard InChI is InChI=1S/C42H36BNO2/c1-41(2)42(3,4)46-43(45-41)34-23-24-39(44-27-34)40-35-14-8-7-13-33(35)26-38(36-15-9-10-16-37(36)40)30-20-17-29(18-21-30)32-22-19-28-11-5-6-12-31(28)25-32/h5-27,38H,1-4H3. The highest BCUT2D eigenvalue weighted by Crippen LogP contribution is 2.38. The molecule has 46 heavy (non-hydrogen) atoms. The molecule has 1 aliphatic heterocycles. The highest BCUT2D eigenvalue weighted by molar-refractivity contribution is 6.62. The fourth-order valence-corrected chi connectivity index (χ4v) is 6.76. The second-order valence-electron chi connectivity index (χ2n) is 13.4. The van der Waals surface area contributed by atoms with Gasteiger partial charge < -0.3 is 9.31 Å². The molecule has 0 radical (unpaired) electrons. The van der Waals surface area contributed by atoms with Crippen LogP contribution in [0.5, 0.6) is 0 Å². The average molecular weight is 598 g/mol. The van der Waals surface area contributed by atoms with Gasteiger partial charge in [0.05, 0.1) is 16.9 Å². The molecule has 1 saturated heterocycles. The molecule has 2 aliphatic rings. The van der Waals surface area contributed by atoms with Crippen molar-refractivity contribution in [1.82, 2.24) is 4.98 Å². The Balaban J connectivity index is 1.19. The zero-order chi connectivity index (χ0) is 31.5. The van der Waals surface area contributed by atoms with Crippen molar-refractivity contribution in [3.05, 3.63) is 166 Å². The molecule has 0 amide bonds. The first-order valence-electron chi connectivity index (χ1n) is 16.1. The topological polar surface area (TPSA) is 31.4 Å². The molecule has 1 fully saturated rings. The van der Waals surface area contributed by atoms with Gasteiger partial charge in [-0.2, -0.15) is 0 Å². The highest BCUT2D eigenvalue weighted by Gasteiger charge is 2.51. The maximum Gasteiger partial charge on any atom is 0.496 e. The number of benzene rings is 5. The maximum absolute atomic E-state index is 6.31. The van der Waals surface area contributed by atoms with E-state index in [1.807, 2.05) is 6.20 Å². The first-order valence-corrected chi connectivity index (χ1v) is 16.1. The zero-order valence-electron chi connectivity index (χ0n) is 26.7. The minimum absolute atomic E-state index is 0.0875. The Morgan fingerprint density at radius 3 is 2.07 bits per heavy atom. The molecule has 0 N–H and O–H groups in total. The average Bonchev–Trinajstić information content (AvgIpc) is 3.21. The van der Waals surface area contributed by atoms with Crippen LogP contribution in [0, 0.1) is 0 Å². The summed E-state index contributed by atoms with van der Waals surface area (Å²) in [5.41, 5.74) is 8.37. The normalized spacial score (nSPS) is 18.0. The van der Waals surface area contributed by atoms with Gasteiger partial charge in [0.15, 0.2) is 0 Å². The Morgan fingerprint density at radius 2 is 1.30 bits per heavy atom. The lowest BCUT2D eigenvalue weighted by atomic mass is 9.80. The molecule has 8 rings (SSSR count). The number of hydrogen-bond acceptors (Lipinski definition) is 3. The molecule has 6 aromatic rings. The molecule has 0 bridgehead atoms. The predicted octanol–water partition coefficient (Wildman–Crippen LogP) is 7.37. The fraction of sp³-hybridized carbons (Fsp3) is 0.167. The smallest absolute Gasteiger partial charge is 0.399 e. The summed E-state index contributed by atoms with van der Waals surface area (Å²) in [6, 6.07) is 46.0. The van der Waals surface area contributed by atoms with Crippen molar-refractivity contribution in [1.29, 1.82) is 0 Å². The molecule has 5 aromatic carbocycles. The second-order valence-corrected chi connectivity index (χ2v) is 13.4. The van der Waals surface area contributed by atoms with E-state index in [-0.39, 0.29) is 5.92 Å². The molecule has 1 unspecified atom stereocenters. The van der Waals surface area contributed by atoms with E-state index >= 15 is 0 Å². The van der Waals surface area contributed by atoms with E-state index in [2.05, 4.69) is 161 Å². The summed E-state index contributed by atoms with van der Waals surface area (Å²) in [6.07, 6.45) is 4.32. The lowest BCUT2D eigenvalue weighted by Crippen LogP contribution is -2.41. The first kappa shape index (κ1) is 28.7. The maximum atomic E-state index is 6.31. The SMILES string of the molecule is CC1(C)OB(c2ccc(C3=c4ccccc4=CC(c4ccc(-c5ccc6ccccc6c5)cc4)c4ccccc43)nc2)OC1(C)C. The van der Waals surface area contributed by atoms with Crippen LogP contribution in [0.1, 0.15) is 56.0 Å². The molecular weight excluding hydrogens is 561 g/mol. The monoisotopic (exact) mass is 597 g/mol. The van der Waals surface area contributed by atoms with Crippen LogP contribution in [0.25, 0.3) is 33.5 Å². The van der Waals surface area contributed by atoms with Gasteiger partial charge in [-0.05, 0) is 88.9 Å². The molecule has 4 heteroatoms. The van der Waals surface area contributed by atoms with Gasteiger partial charge >= 0.3 is 7.12 Å². The van der Waals surface area contributed by atoms with Crippen LogP contribution >= 0.6 is 0 Å². The van der Waals surface area contributed by atoms with Crippen molar-refractivity contribution >= 4 is 35.0 Å². The number of nitrogens with zero attached hydrogens (tertiary/aromatic N) is 1. The van der Waals surface area contributed by atoms with Gasteiger partial charge in [-0.15, -0.1) is 0 Å². The van der Waals surface area contributed by atoms with Crippen LogP contribution in [0.3, 0.4) is 0 Å². The van der Waals surface area contributed by atoms with Crippen LogP contribution in [0.4, 0.5) is 0 Å². The minimum Gasteiger partial charge on any atom is -0.399 e. The van der Waals surface area contributed by atoms with Gasteiger partial charge in [0.25, 0.3) is 0 Å². The number of pyridine rings is 1. The Labute approximate surface area is 271 Å². The zero-order valence-corrected chi connectivity index (χ0v) is 26.7. The molecule has 1 aromatic heterocycles. The third-order valence-corrected chi connectivity index (χ3v) is 10.1. The molecule has 224 valence electrons. The van der Waals surface area contributed by atoms with E-state index in [4.69, 9.17) is 14.3 Å². The predicted molar refractivity (Wildman–Crippen MR) is 189 cm³/mol. The van der Waals surface area contributed by atoms with E-state index in [1.54, 1.807) is 0 Å². The third kappa shape index (κ3) is 4.90. The largest absolute Gasteiger partial charge is 0.496 e. The summed E-state index contributed by atoms with van der Waals surface area (Å²) in [5.74, 6) is 0.0875. The van der Waals surface area contributed by atoms with Crippen molar-refractivity contribution in [2.45, 2.75) is 44.8 Å². The molecule has 3 nitrogen and oxygen atoms in total. The number of aromatic nitrogens is 1. The van der Waals surface area contributed by atoms with Crippen molar-refractivity contribution < 1.29 is 9.31 Å². The van der Waals surface area contributed by atoms with Gasteiger partial charge in [-0.3, -0.25) is 4.98 Å². The van der Waals surface area contributed by atoms with Gasteiger partial charge in [0.1, 0.15) is 0 Å². The minimum atomic E-state index is -0.444. The van der Waals surface area contributed by atoms with E-state index in [0.717, 1.165) is 16.7 Å². The number of rotatable bonds is 4. The fourth-order valence-electron chi connectivity index (χ4n) is 6.76. The molecule has 0 saturated carbocycles. The summed E-state index contributed by atoms with van der Waals surface area (Å²) in [7, 11) is -0.444. The molecule has 0 spiro atoms. The third-order valence-electron chi connectivity index (χ3n) is 10.1. The molecule has 1 atom stereocenters. The summed E-state index contributed by atoms with van der Waals surface area (Å²) < 4.78 is 12.6. The molecular formula is C42H36BNO2. The summed E-state index contributed by atoms with van der Waals surface area (Å²) in [5, 5.41) is 4.90. The van der Waals surface area contributed by atoms with Gasteiger partial charge in [0.2, 0.25) is 0 Å². The van der Waals surface area contributed by atoms with Crippen LogP contribution < -0.4 is 15.9 Å². The number of fused-ring (bicyclic) bond motifs is 3.